The third kappa shape index (κ3) is 1.26. The van der Waals surface area contributed by atoms with Gasteiger partial charge in [-0.15, -0.1) is 11.8 Å². The Hall–Kier alpha value is -1.74. The molecule has 0 saturated carbocycles. The molecule has 1 N–H and O–H groups in total. The zero-order chi connectivity index (χ0) is 11.2. The second-order valence-corrected chi connectivity index (χ2v) is 5.21. The first kappa shape index (κ1) is 9.31. The van der Waals surface area contributed by atoms with Crippen LogP contribution in [-0.4, -0.2) is 10.2 Å². The molecule has 0 bridgehead atoms. The van der Waals surface area contributed by atoms with E-state index in [4.69, 9.17) is 0 Å². The number of thioether (sulfide) groups is 1. The predicted octanol–water partition coefficient (Wildman–Crippen LogP) is 3.84. The van der Waals surface area contributed by atoms with Gasteiger partial charge in [0.25, 0.3) is 0 Å². The Balaban J connectivity index is 2.11. The Morgan fingerprint density at radius 2 is 2.06 bits per heavy atom. The highest BCUT2D eigenvalue weighted by Crippen LogP contribution is 2.43. The van der Waals surface area contributed by atoms with E-state index in [-0.39, 0.29) is 0 Å². The van der Waals surface area contributed by atoms with Crippen LogP contribution in [0.1, 0.15) is 5.56 Å². The molecule has 0 aliphatic carbocycles. The number of aromatic amines is 1. The van der Waals surface area contributed by atoms with Crippen LogP contribution < -0.4 is 0 Å². The normalized spacial score (nSPS) is 13.4. The lowest BCUT2D eigenvalue weighted by molar-refractivity contribution is 1.09. The van der Waals surface area contributed by atoms with Gasteiger partial charge < -0.3 is 0 Å². The fourth-order valence-corrected chi connectivity index (χ4v) is 3.58. The number of nitrogens with zero attached hydrogens (tertiary/aromatic N) is 1. The number of aromatic nitrogens is 2. The van der Waals surface area contributed by atoms with Crippen LogP contribution in [0, 0.1) is 0 Å². The maximum Gasteiger partial charge on any atom is 0.0702 e. The summed E-state index contributed by atoms with van der Waals surface area (Å²) in [6.45, 7) is 0. The maximum atomic E-state index is 4.14. The van der Waals surface area contributed by atoms with Crippen molar-refractivity contribution in [2.75, 3.05) is 0 Å². The van der Waals surface area contributed by atoms with Crippen LogP contribution in [0.2, 0.25) is 0 Å². The Morgan fingerprint density at radius 1 is 1.12 bits per heavy atom. The fourth-order valence-electron chi connectivity index (χ4n) is 2.40. The summed E-state index contributed by atoms with van der Waals surface area (Å²) in [7, 11) is 0. The SMILES string of the molecule is c1ccc2c3c(ccc2c1)-c1[nH]ncc1CS3. The fraction of sp³-hybridized carbons (Fsp3) is 0.0714. The number of benzene rings is 2. The standard InChI is InChI=1S/C14H10N2S/c1-2-4-11-9(3-1)5-6-12-13-10(7-15-16-13)8-17-14(11)12/h1-7H,8H2,(H,15,16). The molecule has 3 heteroatoms. The Kier molecular flexibility index (Phi) is 1.85. The maximum absolute atomic E-state index is 4.14. The summed E-state index contributed by atoms with van der Waals surface area (Å²) in [5, 5.41) is 9.91. The van der Waals surface area contributed by atoms with Crippen molar-refractivity contribution in [3.05, 3.63) is 48.2 Å². The lowest BCUT2D eigenvalue weighted by atomic mass is 10.0. The van der Waals surface area contributed by atoms with Crippen LogP contribution in [-0.2, 0) is 5.75 Å². The van der Waals surface area contributed by atoms with E-state index in [1.165, 1.54) is 32.5 Å². The summed E-state index contributed by atoms with van der Waals surface area (Å²) in [5.41, 5.74) is 3.77. The minimum absolute atomic E-state index is 1.01. The molecule has 2 aromatic carbocycles. The average Bonchev–Trinajstić information content (AvgIpc) is 2.86. The van der Waals surface area contributed by atoms with E-state index in [2.05, 4.69) is 46.6 Å². The quantitative estimate of drug-likeness (QED) is 0.644. The third-order valence-electron chi connectivity index (χ3n) is 3.24. The Labute approximate surface area is 103 Å². The Morgan fingerprint density at radius 3 is 3.06 bits per heavy atom. The first-order valence-electron chi connectivity index (χ1n) is 5.60. The van der Waals surface area contributed by atoms with Gasteiger partial charge in [-0.25, -0.2) is 0 Å². The third-order valence-corrected chi connectivity index (χ3v) is 4.42. The van der Waals surface area contributed by atoms with Crippen molar-refractivity contribution in [1.82, 2.24) is 10.2 Å². The number of hydrogen-bond donors (Lipinski definition) is 1. The van der Waals surface area contributed by atoms with E-state index >= 15 is 0 Å². The van der Waals surface area contributed by atoms with Crippen molar-refractivity contribution in [1.29, 1.82) is 0 Å². The van der Waals surface area contributed by atoms with Crippen LogP contribution in [0.25, 0.3) is 22.0 Å². The highest BCUT2D eigenvalue weighted by Gasteiger charge is 2.19. The number of fused-ring (bicyclic) bond motifs is 5. The second-order valence-electron chi connectivity index (χ2n) is 4.22. The molecule has 4 rings (SSSR count). The predicted molar refractivity (Wildman–Crippen MR) is 71.1 cm³/mol. The lowest BCUT2D eigenvalue weighted by Gasteiger charge is -2.17. The van der Waals surface area contributed by atoms with Gasteiger partial charge in [0.05, 0.1) is 11.9 Å². The Bertz CT molecular complexity index is 715. The van der Waals surface area contributed by atoms with E-state index in [0.29, 0.717) is 0 Å². The van der Waals surface area contributed by atoms with Crippen LogP contribution in [0.5, 0.6) is 0 Å². The zero-order valence-electron chi connectivity index (χ0n) is 9.10. The van der Waals surface area contributed by atoms with E-state index in [0.717, 1.165) is 5.75 Å². The first-order chi connectivity index (χ1) is 8.43. The molecular formula is C14H10N2S. The van der Waals surface area contributed by atoms with Gasteiger partial charge in [0.1, 0.15) is 0 Å². The van der Waals surface area contributed by atoms with E-state index in [9.17, 15) is 0 Å². The molecule has 2 heterocycles. The van der Waals surface area contributed by atoms with Gasteiger partial charge in [-0.2, -0.15) is 5.10 Å². The van der Waals surface area contributed by atoms with Crippen molar-refractivity contribution in [2.24, 2.45) is 0 Å². The van der Waals surface area contributed by atoms with Gasteiger partial charge in [0, 0.05) is 21.8 Å². The summed E-state index contributed by atoms with van der Waals surface area (Å²) < 4.78 is 0. The molecule has 3 aromatic rings. The van der Waals surface area contributed by atoms with Crippen molar-refractivity contribution < 1.29 is 0 Å². The molecule has 82 valence electrons. The monoisotopic (exact) mass is 238 g/mol. The number of H-pyrrole nitrogens is 1. The number of rotatable bonds is 0. The van der Waals surface area contributed by atoms with E-state index in [1.54, 1.807) is 0 Å². The van der Waals surface area contributed by atoms with Crippen molar-refractivity contribution in [2.45, 2.75) is 10.6 Å². The molecule has 1 aromatic heterocycles. The van der Waals surface area contributed by atoms with Crippen LogP contribution >= 0.6 is 11.8 Å². The van der Waals surface area contributed by atoms with Crippen molar-refractivity contribution in [3.8, 4) is 11.3 Å². The minimum atomic E-state index is 1.01. The molecular weight excluding hydrogens is 228 g/mol. The summed E-state index contributed by atoms with van der Waals surface area (Å²) in [6.07, 6.45) is 1.93. The van der Waals surface area contributed by atoms with Crippen molar-refractivity contribution >= 4 is 22.5 Å². The molecule has 2 nitrogen and oxygen atoms in total. The molecule has 17 heavy (non-hydrogen) atoms. The molecule has 1 aliphatic heterocycles. The smallest absolute Gasteiger partial charge is 0.0702 e. The van der Waals surface area contributed by atoms with Gasteiger partial charge in [-0.05, 0) is 10.8 Å². The zero-order valence-corrected chi connectivity index (χ0v) is 9.92. The molecule has 0 fully saturated rings. The van der Waals surface area contributed by atoms with Gasteiger partial charge in [0.15, 0.2) is 0 Å². The lowest BCUT2D eigenvalue weighted by Crippen LogP contribution is -1.94. The largest absolute Gasteiger partial charge is 0.277 e. The molecule has 0 radical (unpaired) electrons. The molecule has 0 unspecified atom stereocenters. The molecule has 0 amide bonds. The number of hydrogen-bond acceptors (Lipinski definition) is 2. The van der Waals surface area contributed by atoms with Crippen LogP contribution in [0.4, 0.5) is 0 Å². The summed E-state index contributed by atoms with van der Waals surface area (Å²) in [4.78, 5) is 1.37. The van der Waals surface area contributed by atoms with Crippen LogP contribution in [0.15, 0.2) is 47.5 Å². The second kappa shape index (κ2) is 3.37. The van der Waals surface area contributed by atoms with Gasteiger partial charge in [-0.1, -0.05) is 36.4 Å². The molecule has 0 saturated heterocycles. The van der Waals surface area contributed by atoms with Gasteiger partial charge >= 0.3 is 0 Å². The topological polar surface area (TPSA) is 28.7 Å². The minimum Gasteiger partial charge on any atom is -0.277 e. The average molecular weight is 238 g/mol. The summed E-state index contributed by atoms with van der Waals surface area (Å²) >= 11 is 1.91. The van der Waals surface area contributed by atoms with Gasteiger partial charge in [-0.3, -0.25) is 5.10 Å². The highest BCUT2D eigenvalue weighted by atomic mass is 32.2. The summed E-state index contributed by atoms with van der Waals surface area (Å²) in [6, 6.07) is 12.9. The summed E-state index contributed by atoms with van der Waals surface area (Å²) in [5.74, 6) is 1.01. The van der Waals surface area contributed by atoms with Gasteiger partial charge in [0.2, 0.25) is 0 Å². The molecule has 1 aliphatic rings. The number of nitrogens with one attached hydrogen (secondary N) is 1. The molecule has 0 spiro atoms. The van der Waals surface area contributed by atoms with E-state index < -0.39 is 0 Å². The van der Waals surface area contributed by atoms with Crippen LogP contribution in [0.3, 0.4) is 0 Å². The first-order valence-corrected chi connectivity index (χ1v) is 6.59. The highest BCUT2D eigenvalue weighted by molar-refractivity contribution is 7.99. The van der Waals surface area contributed by atoms with E-state index in [1.807, 2.05) is 18.0 Å². The van der Waals surface area contributed by atoms with Crippen molar-refractivity contribution in [3.63, 3.8) is 0 Å². The molecule has 0 atom stereocenters.